The van der Waals surface area contributed by atoms with Crippen LogP contribution in [0, 0.1) is 20.2 Å². The number of nitro groups is 2. The van der Waals surface area contributed by atoms with E-state index in [0.717, 1.165) is 34.2 Å². The van der Waals surface area contributed by atoms with Crippen molar-refractivity contribution in [2.24, 2.45) is 4.99 Å². The molecule has 0 aliphatic heterocycles. The molecule has 0 radical (unpaired) electrons. The predicted octanol–water partition coefficient (Wildman–Crippen LogP) is 3.63. The molecular weight excluding hydrogens is 432 g/mol. The lowest BCUT2D eigenvalue weighted by Gasteiger charge is -2.04. The Morgan fingerprint density at radius 2 is 1.83 bits per heavy atom. The molecule has 0 atom stereocenters. The van der Waals surface area contributed by atoms with Gasteiger partial charge >= 0.3 is 0 Å². The largest absolute Gasteiger partial charge is 0.497 e. The minimum Gasteiger partial charge on any atom is -0.497 e. The number of nitrogens with zero attached hydrogens (tertiary/aromatic N) is 4. The van der Waals surface area contributed by atoms with E-state index in [1.165, 1.54) is 11.3 Å². The van der Waals surface area contributed by atoms with Gasteiger partial charge in [-0.2, -0.15) is 16.8 Å². The number of hydrogen-bond acceptors (Lipinski definition) is 8. The van der Waals surface area contributed by atoms with Gasteiger partial charge in [-0.05, 0) is 24.5 Å². The molecule has 3 aromatic rings. The van der Waals surface area contributed by atoms with Gasteiger partial charge in [0.05, 0.1) is 38.8 Å². The Hall–Kier alpha value is -3.25. The molecule has 2 aromatic carbocycles. The van der Waals surface area contributed by atoms with E-state index >= 15 is 0 Å². The number of methoxy groups -OCH3 is 1. The summed E-state index contributed by atoms with van der Waals surface area (Å²) >= 11 is 2.90. The number of non-ortho nitro benzene ring substituents is 2. The van der Waals surface area contributed by atoms with Gasteiger partial charge in [0, 0.05) is 24.4 Å². The normalized spacial score (nSPS) is 11.6. The van der Waals surface area contributed by atoms with Crippen LogP contribution in [0.3, 0.4) is 0 Å². The monoisotopic (exact) mass is 448 g/mol. The lowest BCUT2D eigenvalue weighted by Crippen LogP contribution is -2.18. The van der Waals surface area contributed by atoms with Crippen molar-refractivity contribution in [3.05, 3.63) is 67.0 Å². The summed E-state index contributed by atoms with van der Waals surface area (Å²) in [6.07, 6.45) is 1.96. The van der Waals surface area contributed by atoms with Crippen LogP contribution in [0.4, 0.5) is 11.4 Å². The van der Waals surface area contributed by atoms with Crippen LogP contribution in [-0.2, 0) is 6.54 Å². The first kappa shape index (κ1) is 21.5. The van der Waals surface area contributed by atoms with Gasteiger partial charge in [0.1, 0.15) is 5.75 Å². The summed E-state index contributed by atoms with van der Waals surface area (Å²) in [5.74, 6) is 0.646. The molecule has 12 heteroatoms. The molecule has 1 heterocycles. The average molecular weight is 448 g/mol. The first-order chi connectivity index (χ1) is 14.3. The third kappa shape index (κ3) is 4.49. The zero-order valence-corrected chi connectivity index (χ0v) is 17.6. The topological polar surface area (TPSA) is 130 Å². The number of ether oxygens (including phenoxy) is 1. The molecule has 1 aromatic heterocycles. The highest BCUT2D eigenvalue weighted by Gasteiger charge is 2.20. The lowest BCUT2D eigenvalue weighted by molar-refractivity contribution is -0.394. The van der Waals surface area contributed by atoms with E-state index in [-0.39, 0.29) is 5.56 Å². The van der Waals surface area contributed by atoms with E-state index in [2.05, 4.69) is 4.99 Å². The number of amides is 1. The van der Waals surface area contributed by atoms with Crippen LogP contribution >= 0.6 is 23.1 Å². The number of carbonyl (C=O) groups excluding carboxylic acids is 1. The maximum Gasteiger partial charge on any atom is 0.280 e. The Labute approximate surface area is 178 Å². The van der Waals surface area contributed by atoms with Gasteiger partial charge in [0.15, 0.2) is 4.80 Å². The summed E-state index contributed by atoms with van der Waals surface area (Å²) in [6.45, 7) is 0.592. The minimum absolute atomic E-state index is 0.220. The van der Waals surface area contributed by atoms with Crippen molar-refractivity contribution in [2.75, 3.05) is 19.1 Å². The Morgan fingerprint density at radius 3 is 2.40 bits per heavy atom. The van der Waals surface area contributed by atoms with E-state index < -0.39 is 27.1 Å². The summed E-state index contributed by atoms with van der Waals surface area (Å²) < 4.78 is 7.97. The van der Waals surface area contributed by atoms with Crippen molar-refractivity contribution in [1.29, 1.82) is 0 Å². The van der Waals surface area contributed by atoms with Crippen molar-refractivity contribution in [3.63, 3.8) is 0 Å². The van der Waals surface area contributed by atoms with Crippen molar-refractivity contribution in [3.8, 4) is 5.75 Å². The predicted molar refractivity (Wildman–Crippen MR) is 114 cm³/mol. The van der Waals surface area contributed by atoms with Crippen molar-refractivity contribution in [2.45, 2.75) is 6.54 Å². The van der Waals surface area contributed by atoms with E-state index in [0.29, 0.717) is 17.1 Å². The first-order valence-corrected chi connectivity index (χ1v) is 10.7. The van der Waals surface area contributed by atoms with Gasteiger partial charge < -0.3 is 9.30 Å². The molecule has 30 heavy (non-hydrogen) atoms. The zero-order chi connectivity index (χ0) is 21.8. The van der Waals surface area contributed by atoms with Crippen molar-refractivity contribution >= 4 is 50.6 Å². The minimum atomic E-state index is -0.793. The second-order valence-corrected chi connectivity index (χ2v) is 8.03. The second-order valence-electron chi connectivity index (χ2n) is 6.03. The molecule has 10 nitrogen and oxygen atoms in total. The molecule has 0 aliphatic rings. The third-order valence-electron chi connectivity index (χ3n) is 4.18. The summed E-state index contributed by atoms with van der Waals surface area (Å²) in [4.78, 5) is 37.9. The van der Waals surface area contributed by atoms with Crippen LogP contribution in [0.15, 0.2) is 41.4 Å². The zero-order valence-electron chi connectivity index (χ0n) is 15.9. The van der Waals surface area contributed by atoms with Crippen LogP contribution < -0.4 is 9.54 Å². The summed E-state index contributed by atoms with van der Waals surface area (Å²) in [5, 5.41) is 22.2. The van der Waals surface area contributed by atoms with Crippen molar-refractivity contribution in [1.82, 2.24) is 4.57 Å². The number of rotatable bonds is 7. The van der Waals surface area contributed by atoms with E-state index in [4.69, 9.17) is 4.74 Å². The number of hydrogen-bond donors (Lipinski definition) is 0. The van der Waals surface area contributed by atoms with Gasteiger partial charge in [-0.1, -0.05) is 11.3 Å². The third-order valence-corrected chi connectivity index (χ3v) is 5.81. The molecule has 1 amide bonds. The molecule has 0 fully saturated rings. The van der Waals surface area contributed by atoms with Gasteiger partial charge in [0.2, 0.25) is 0 Å². The first-order valence-electron chi connectivity index (χ1n) is 8.53. The molecule has 0 unspecified atom stereocenters. The van der Waals surface area contributed by atoms with Gasteiger partial charge in [-0.3, -0.25) is 25.0 Å². The number of thiazole rings is 1. The molecule has 0 aliphatic carbocycles. The Kier molecular flexibility index (Phi) is 6.47. The molecule has 0 saturated carbocycles. The highest BCUT2D eigenvalue weighted by atomic mass is 32.2. The van der Waals surface area contributed by atoms with Gasteiger partial charge in [-0.25, -0.2) is 0 Å². The Morgan fingerprint density at radius 1 is 1.17 bits per heavy atom. The van der Waals surface area contributed by atoms with Crippen LogP contribution in [0.2, 0.25) is 0 Å². The fourth-order valence-electron chi connectivity index (χ4n) is 2.75. The SMILES string of the molecule is COc1ccc2c(c1)sc(=NC(=O)c1cc([N+](=O)[O-])cc([N+](=O)[O-])c1)n2CCSC. The summed E-state index contributed by atoms with van der Waals surface area (Å²) in [5.41, 5.74) is -0.438. The molecule has 0 N–H and O–H groups in total. The molecule has 0 saturated heterocycles. The quantitative estimate of drug-likeness (QED) is 0.398. The van der Waals surface area contributed by atoms with Crippen LogP contribution in [-0.4, -0.2) is 39.4 Å². The molecule has 0 spiro atoms. The van der Waals surface area contributed by atoms with Gasteiger partial charge in [-0.15, -0.1) is 0 Å². The lowest BCUT2D eigenvalue weighted by atomic mass is 10.1. The van der Waals surface area contributed by atoms with Gasteiger partial charge in [0.25, 0.3) is 17.3 Å². The highest BCUT2D eigenvalue weighted by molar-refractivity contribution is 7.98. The van der Waals surface area contributed by atoms with E-state index in [1.807, 2.05) is 23.0 Å². The number of nitro benzene ring substituents is 2. The number of benzene rings is 2. The number of thioether (sulfide) groups is 1. The van der Waals surface area contributed by atoms with Crippen molar-refractivity contribution < 1.29 is 19.4 Å². The molecular formula is C18H16N4O6S2. The number of fused-ring (bicyclic) bond motifs is 1. The highest BCUT2D eigenvalue weighted by Crippen LogP contribution is 2.25. The Bertz CT molecular complexity index is 1180. The average Bonchev–Trinajstić information content (AvgIpc) is 3.07. The molecule has 3 rings (SSSR count). The van der Waals surface area contributed by atoms with Crippen LogP contribution in [0.1, 0.15) is 10.4 Å². The maximum absolute atomic E-state index is 12.7. The second kappa shape index (κ2) is 9.05. The fourth-order valence-corrected chi connectivity index (χ4v) is 4.19. The fraction of sp³-hybridized carbons (Fsp3) is 0.222. The number of aromatic nitrogens is 1. The molecule has 0 bridgehead atoms. The standard InChI is InChI=1S/C18H16N4O6S2/c1-28-14-3-4-15-16(10-14)30-18(20(15)5-6-29-2)19-17(23)11-7-12(21(24)25)9-13(8-11)22(26)27/h3-4,7-10H,5-6H2,1-2H3. The van der Waals surface area contributed by atoms with E-state index in [1.54, 1.807) is 24.9 Å². The maximum atomic E-state index is 12.7. The number of aryl methyl sites for hydroxylation is 1. The summed E-state index contributed by atoms with van der Waals surface area (Å²) in [7, 11) is 1.56. The molecule has 156 valence electrons. The summed E-state index contributed by atoms with van der Waals surface area (Å²) in [6, 6.07) is 8.29. The smallest absolute Gasteiger partial charge is 0.280 e. The van der Waals surface area contributed by atoms with Crippen LogP contribution in [0.5, 0.6) is 5.75 Å². The van der Waals surface area contributed by atoms with Crippen LogP contribution in [0.25, 0.3) is 10.2 Å². The number of carbonyl (C=O) groups is 1. The van der Waals surface area contributed by atoms with E-state index in [9.17, 15) is 25.0 Å². The Balaban J connectivity index is 2.14.